The van der Waals surface area contributed by atoms with Crippen molar-refractivity contribution >= 4 is 50.3 Å². The van der Waals surface area contributed by atoms with Crippen molar-refractivity contribution in [3.63, 3.8) is 0 Å². The molecule has 6 atom stereocenters. The standard InChI is InChI=1S/C47H73N7O8S2/c1-13-30-25-33(30)40(55)52-64(59,60)24-19-17-15-14-16-18-23-36-37(28(2)3)49-42(63-36)32-21-20-22-34-38(32)50-44(54(34)29(4)5)61-31-26-35(41(56)48-12)53(27-31)43(57)39(46(6,7)8)51-45(58)62-47(9,10)11/h14,16,20-22,28-31,33,35,39,43,57H,13,15,17-19,23-27H2,1-12H3,(H,48,56)(H,51,58)(H,52,55). The van der Waals surface area contributed by atoms with Crippen molar-refractivity contribution in [3.8, 4) is 16.6 Å². The highest BCUT2D eigenvalue weighted by Crippen LogP contribution is 2.41. The third kappa shape index (κ3) is 13.1. The molecule has 4 N–H and O–H groups in total. The maximum atomic E-state index is 13.3. The van der Waals surface area contributed by atoms with Crippen molar-refractivity contribution in [1.29, 1.82) is 0 Å². The summed E-state index contributed by atoms with van der Waals surface area (Å²) in [5, 5.41) is 18.4. The second kappa shape index (κ2) is 21.1. The number of aliphatic hydroxyl groups is 1. The lowest BCUT2D eigenvalue weighted by Crippen LogP contribution is -2.60. The summed E-state index contributed by atoms with van der Waals surface area (Å²) in [6, 6.07) is 4.95. The van der Waals surface area contributed by atoms with Crippen molar-refractivity contribution in [2.75, 3.05) is 19.3 Å². The molecule has 64 heavy (non-hydrogen) atoms. The number of hydrogen-bond donors (Lipinski definition) is 4. The zero-order chi connectivity index (χ0) is 47.3. The number of amides is 3. The summed E-state index contributed by atoms with van der Waals surface area (Å²) >= 11 is 1.67. The second-order valence-electron chi connectivity index (χ2n) is 20.0. The van der Waals surface area contributed by atoms with Crippen molar-refractivity contribution in [3.05, 3.63) is 40.9 Å². The molecule has 3 amide bonds. The number of fused-ring (bicyclic) bond motifs is 1. The molecule has 0 spiro atoms. The molecule has 2 aliphatic rings. The van der Waals surface area contributed by atoms with E-state index >= 15 is 0 Å². The highest BCUT2D eigenvalue weighted by atomic mass is 32.2. The van der Waals surface area contributed by atoms with Gasteiger partial charge in [-0.1, -0.05) is 66.2 Å². The first kappa shape index (κ1) is 50.9. The summed E-state index contributed by atoms with van der Waals surface area (Å²) < 4.78 is 41.4. The van der Waals surface area contributed by atoms with Crippen molar-refractivity contribution < 1.29 is 37.4 Å². The molecule has 6 unspecified atom stereocenters. The lowest BCUT2D eigenvalue weighted by Gasteiger charge is -2.40. The van der Waals surface area contributed by atoms with Crippen LogP contribution in [-0.4, -0.2) is 100 Å². The van der Waals surface area contributed by atoms with Crippen LogP contribution in [0.15, 0.2) is 30.4 Å². The van der Waals surface area contributed by atoms with E-state index in [4.69, 9.17) is 19.4 Å². The number of rotatable bonds is 20. The van der Waals surface area contributed by atoms with Gasteiger partial charge in [0.25, 0.3) is 6.01 Å². The fraction of sp³-hybridized carbons (Fsp3) is 0.681. The Morgan fingerprint density at radius 1 is 1.00 bits per heavy atom. The number of likely N-dealkylation sites (tertiary alicyclic amines) is 1. The molecule has 1 aromatic carbocycles. The number of unbranched alkanes of at least 4 members (excludes halogenated alkanes) is 2. The van der Waals surface area contributed by atoms with E-state index in [0.717, 1.165) is 59.4 Å². The molecular formula is C47H73N7O8S2. The van der Waals surface area contributed by atoms with Gasteiger partial charge in [0.2, 0.25) is 21.8 Å². The van der Waals surface area contributed by atoms with Gasteiger partial charge in [0, 0.05) is 42.4 Å². The minimum absolute atomic E-state index is 0.0208. The van der Waals surface area contributed by atoms with E-state index in [1.807, 2.05) is 45.9 Å². The molecule has 1 saturated carbocycles. The maximum Gasteiger partial charge on any atom is 0.408 e. The minimum atomic E-state index is -3.61. The molecule has 3 aromatic rings. The first-order valence-electron chi connectivity index (χ1n) is 23.0. The number of aliphatic hydroxyl groups excluding tert-OH is 1. The number of alkyl carbamates (subject to hydrolysis) is 1. The zero-order valence-corrected chi connectivity index (χ0v) is 41.6. The molecule has 356 valence electrons. The summed E-state index contributed by atoms with van der Waals surface area (Å²) in [6.07, 6.45) is 7.40. The van der Waals surface area contributed by atoms with Crippen LogP contribution in [-0.2, 0) is 30.8 Å². The number of imidazole rings is 1. The van der Waals surface area contributed by atoms with Gasteiger partial charge in [-0.3, -0.25) is 23.8 Å². The summed E-state index contributed by atoms with van der Waals surface area (Å²) in [5.74, 6) is -0.320. The average molecular weight is 928 g/mol. The monoisotopic (exact) mass is 927 g/mol. The molecule has 1 saturated heterocycles. The van der Waals surface area contributed by atoms with Gasteiger partial charge < -0.3 is 25.2 Å². The van der Waals surface area contributed by atoms with Crippen LogP contribution in [0.3, 0.4) is 0 Å². The number of thiazole rings is 1. The quantitative estimate of drug-likeness (QED) is 0.0637. The van der Waals surface area contributed by atoms with Crippen LogP contribution in [0.4, 0.5) is 4.79 Å². The Morgan fingerprint density at radius 2 is 1.70 bits per heavy atom. The normalized spacial score (nSPS) is 20.5. The van der Waals surface area contributed by atoms with Crippen LogP contribution in [0.1, 0.15) is 144 Å². The summed E-state index contributed by atoms with van der Waals surface area (Å²) in [6.45, 7) is 21.7. The fourth-order valence-electron chi connectivity index (χ4n) is 8.40. The van der Waals surface area contributed by atoms with Crippen LogP contribution in [0.2, 0.25) is 0 Å². The number of allylic oxidation sites excluding steroid dienone is 2. The van der Waals surface area contributed by atoms with Crippen molar-refractivity contribution in [2.45, 2.75) is 170 Å². The summed E-state index contributed by atoms with van der Waals surface area (Å²) in [4.78, 5) is 51.7. The first-order valence-corrected chi connectivity index (χ1v) is 25.4. The Hall–Kier alpha value is -4.06. The zero-order valence-electron chi connectivity index (χ0n) is 40.0. The molecule has 0 bridgehead atoms. The number of carbonyl (C=O) groups excluding carboxylic acids is 3. The van der Waals surface area contributed by atoms with E-state index in [1.54, 1.807) is 44.1 Å². The third-order valence-electron chi connectivity index (χ3n) is 11.9. The highest BCUT2D eigenvalue weighted by molar-refractivity contribution is 7.90. The Bertz CT molecular complexity index is 2240. The predicted octanol–water partition coefficient (Wildman–Crippen LogP) is 7.84. The van der Waals surface area contributed by atoms with E-state index in [1.165, 1.54) is 4.88 Å². The smallest absolute Gasteiger partial charge is 0.408 e. The van der Waals surface area contributed by atoms with E-state index in [0.29, 0.717) is 24.8 Å². The largest absolute Gasteiger partial charge is 0.460 e. The fourth-order valence-corrected chi connectivity index (χ4v) is 10.8. The molecule has 15 nitrogen and oxygen atoms in total. The Balaban J connectivity index is 1.28. The van der Waals surface area contributed by atoms with Gasteiger partial charge >= 0.3 is 6.09 Å². The number of benzene rings is 1. The SMILES string of the molecule is CCC1CC1C(=O)NS(=O)(=O)CCCCC=CCCc1sc(-c2cccc3c2nc(OC2CC(C(=O)NC)N(C(O)C(NC(=O)OC(C)(C)C)C(C)(C)C)C2)n3C(C)C)nc1C(C)C. The number of hydrogen-bond acceptors (Lipinski definition) is 12. The number of sulfonamides is 1. The number of aryl methyl sites for hydroxylation is 1. The van der Waals surface area contributed by atoms with E-state index in [9.17, 15) is 27.9 Å². The number of likely N-dealkylation sites (N-methyl/N-ethyl adjacent to an activating group) is 1. The van der Waals surface area contributed by atoms with Crippen LogP contribution in [0.25, 0.3) is 21.6 Å². The number of nitrogens with one attached hydrogen (secondary N) is 3. The maximum absolute atomic E-state index is 13.3. The molecule has 3 heterocycles. The van der Waals surface area contributed by atoms with Crippen LogP contribution < -0.4 is 20.1 Å². The lowest BCUT2D eigenvalue weighted by molar-refractivity contribution is -0.131. The molecule has 17 heteroatoms. The molecule has 1 aliphatic heterocycles. The number of aromatic nitrogens is 3. The van der Waals surface area contributed by atoms with Crippen LogP contribution in [0, 0.1) is 17.3 Å². The second-order valence-corrected chi connectivity index (χ2v) is 22.9. The number of nitrogens with zero attached hydrogens (tertiary/aromatic N) is 4. The van der Waals surface area contributed by atoms with Gasteiger partial charge in [0.1, 0.15) is 28.5 Å². The van der Waals surface area contributed by atoms with E-state index in [-0.39, 0.29) is 48.4 Å². The molecule has 0 radical (unpaired) electrons. The Morgan fingerprint density at radius 3 is 2.31 bits per heavy atom. The molecule has 2 fully saturated rings. The van der Waals surface area contributed by atoms with E-state index < -0.39 is 51.5 Å². The molecule has 1 aliphatic carbocycles. The van der Waals surface area contributed by atoms with Gasteiger partial charge in [-0.2, -0.15) is 4.98 Å². The van der Waals surface area contributed by atoms with Crippen LogP contribution in [0.5, 0.6) is 6.01 Å². The third-order valence-corrected chi connectivity index (χ3v) is 14.4. The first-order chi connectivity index (χ1) is 29.9. The van der Waals surface area contributed by atoms with Gasteiger partial charge in [-0.05, 0) is 103 Å². The summed E-state index contributed by atoms with van der Waals surface area (Å²) in [7, 11) is -2.05. The number of carbonyl (C=O) groups is 3. The predicted molar refractivity (Wildman–Crippen MR) is 253 cm³/mol. The Labute approximate surface area is 384 Å². The minimum Gasteiger partial charge on any atom is -0.460 e. The number of ether oxygens (including phenoxy) is 2. The van der Waals surface area contributed by atoms with Crippen LogP contribution >= 0.6 is 11.3 Å². The lowest BCUT2D eigenvalue weighted by atomic mass is 9.85. The van der Waals surface area contributed by atoms with Gasteiger partial charge in [0.05, 0.1) is 29.0 Å². The van der Waals surface area contributed by atoms with Crippen molar-refractivity contribution in [1.82, 2.24) is 34.8 Å². The molecule has 2 aromatic heterocycles. The Kier molecular flexibility index (Phi) is 16.8. The van der Waals surface area contributed by atoms with Gasteiger partial charge in [0.15, 0.2) is 0 Å². The number of para-hydroxylation sites is 1. The topological polar surface area (TPSA) is 194 Å². The summed E-state index contributed by atoms with van der Waals surface area (Å²) in [5.41, 5.74) is 2.27. The highest BCUT2D eigenvalue weighted by Gasteiger charge is 2.47. The van der Waals surface area contributed by atoms with Gasteiger partial charge in [-0.15, -0.1) is 11.3 Å². The van der Waals surface area contributed by atoms with Crippen molar-refractivity contribution in [2.24, 2.45) is 17.3 Å². The molecule has 5 rings (SSSR count). The van der Waals surface area contributed by atoms with Gasteiger partial charge in [-0.25, -0.2) is 18.2 Å². The molecular weight excluding hydrogens is 855 g/mol. The average Bonchev–Trinajstić information content (AvgIpc) is 3.47. The van der Waals surface area contributed by atoms with E-state index in [2.05, 4.69) is 59.8 Å².